The summed E-state index contributed by atoms with van der Waals surface area (Å²) in [6.07, 6.45) is 3.57. The van der Waals surface area contributed by atoms with Crippen LogP contribution >= 0.6 is 0 Å². The van der Waals surface area contributed by atoms with E-state index in [0.29, 0.717) is 16.5 Å². The topological polar surface area (TPSA) is 55.2 Å². The fourth-order valence-electron chi connectivity index (χ4n) is 3.47. The highest BCUT2D eigenvalue weighted by molar-refractivity contribution is 5.80. The van der Waals surface area contributed by atoms with Gasteiger partial charge in [-0.3, -0.25) is 14.2 Å². The maximum atomic E-state index is 14.0. The highest BCUT2D eigenvalue weighted by Crippen LogP contribution is 2.29. The molecule has 0 atom stereocenters. The fourth-order valence-corrected chi connectivity index (χ4v) is 3.47. The van der Waals surface area contributed by atoms with E-state index in [-0.39, 0.29) is 42.8 Å². The third-order valence-electron chi connectivity index (χ3n) is 5.23. The SMILES string of the molecule is Cc1cccc2c(=O)n(CCC(=O)N(Cc3ccccc3F)C3CC3)cnc12. The quantitative estimate of drug-likeness (QED) is 0.659. The summed E-state index contributed by atoms with van der Waals surface area (Å²) in [5, 5.41) is 0.556. The third-order valence-corrected chi connectivity index (χ3v) is 5.23. The molecule has 0 unspecified atom stereocenters. The summed E-state index contributed by atoms with van der Waals surface area (Å²) in [5.74, 6) is -0.367. The van der Waals surface area contributed by atoms with E-state index in [4.69, 9.17) is 0 Å². The number of halogens is 1. The number of hydrogen-bond acceptors (Lipinski definition) is 3. The molecule has 3 aromatic rings. The van der Waals surface area contributed by atoms with E-state index in [0.717, 1.165) is 18.4 Å². The van der Waals surface area contributed by atoms with E-state index in [2.05, 4.69) is 4.98 Å². The van der Waals surface area contributed by atoms with Crippen molar-refractivity contribution in [3.63, 3.8) is 0 Å². The number of carbonyl (C=O) groups excluding carboxylic acids is 1. The zero-order valence-corrected chi connectivity index (χ0v) is 15.8. The van der Waals surface area contributed by atoms with Crippen LogP contribution in [-0.2, 0) is 17.9 Å². The number of para-hydroxylation sites is 1. The van der Waals surface area contributed by atoms with E-state index >= 15 is 0 Å². The predicted molar refractivity (Wildman–Crippen MR) is 105 cm³/mol. The number of fused-ring (bicyclic) bond motifs is 1. The molecule has 0 N–H and O–H groups in total. The average molecular weight is 379 g/mol. The van der Waals surface area contributed by atoms with Gasteiger partial charge in [-0.1, -0.05) is 30.3 Å². The van der Waals surface area contributed by atoms with Crippen molar-refractivity contribution >= 4 is 16.8 Å². The first-order valence-corrected chi connectivity index (χ1v) is 9.52. The highest BCUT2D eigenvalue weighted by Gasteiger charge is 2.32. The molecule has 1 aliphatic rings. The Morgan fingerprint density at radius 1 is 1.21 bits per heavy atom. The van der Waals surface area contributed by atoms with Gasteiger partial charge in [0.1, 0.15) is 5.82 Å². The van der Waals surface area contributed by atoms with Gasteiger partial charge in [-0.2, -0.15) is 0 Å². The molecule has 6 heteroatoms. The van der Waals surface area contributed by atoms with Crippen LogP contribution in [0.25, 0.3) is 10.9 Å². The van der Waals surface area contributed by atoms with Gasteiger partial charge in [-0.05, 0) is 37.5 Å². The molecule has 144 valence electrons. The first-order valence-electron chi connectivity index (χ1n) is 9.52. The Kier molecular flexibility index (Phi) is 4.94. The molecule has 1 fully saturated rings. The lowest BCUT2D eigenvalue weighted by Crippen LogP contribution is -2.34. The number of nitrogens with zero attached hydrogens (tertiary/aromatic N) is 3. The predicted octanol–water partition coefficient (Wildman–Crippen LogP) is 3.43. The first kappa shape index (κ1) is 18.3. The summed E-state index contributed by atoms with van der Waals surface area (Å²) in [5.41, 5.74) is 2.01. The number of benzene rings is 2. The number of hydrogen-bond donors (Lipinski definition) is 0. The van der Waals surface area contributed by atoms with Crippen LogP contribution in [0.1, 0.15) is 30.4 Å². The van der Waals surface area contributed by atoms with Crippen LogP contribution < -0.4 is 5.56 Å². The lowest BCUT2D eigenvalue weighted by atomic mass is 10.1. The second-order valence-electron chi connectivity index (χ2n) is 7.31. The van der Waals surface area contributed by atoms with Crippen molar-refractivity contribution < 1.29 is 9.18 Å². The van der Waals surface area contributed by atoms with Crippen molar-refractivity contribution in [1.29, 1.82) is 0 Å². The Hall–Kier alpha value is -3.02. The summed E-state index contributed by atoms with van der Waals surface area (Å²) in [4.78, 5) is 31.6. The van der Waals surface area contributed by atoms with E-state index in [1.54, 1.807) is 29.2 Å². The summed E-state index contributed by atoms with van der Waals surface area (Å²) < 4.78 is 15.5. The van der Waals surface area contributed by atoms with Crippen molar-refractivity contribution in [2.45, 2.75) is 45.3 Å². The van der Waals surface area contributed by atoms with Gasteiger partial charge >= 0.3 is 0 Å². The second kappa shape index (κ2) is 7.54. The standard InChI is InChI=1S/C22H22FN3O2/c1-15-5-4-7-18-21(15)24-14-25(22(18)28)12-11-20(27)26(17-9-10-17)13-16-6-2-3-8-19(16)23/h2-8,14,17H,9-13H2,1H3. The summed E-state index contributed by atoms with van der Waals surface area (Å²) in [6, 6.07) is 12.2. The minimum atomic E-state index is -0.300. The van der Waals surface area contributed by atoms with Crippen molar-refractivity contribution in [1.82, 2.24) is 14.5 Å². The Bertz CT molecular complexity index is 1090. The largest absolute Gasteiger partial charge is 0.335 e. The Morgan fingerprint density at radius 2 is 2.00 bits per heavy atom. The van der Waals surface area contributed by atoms with Crippen LogP contribution in [0.2, 0.25) is 0 Å². The van der Waals surface area contributed by atoms with Crippen LogP contribution in [0.3, 0.4) is 0 Å². The number of aryl methyl sites for hydroxylation is 2. The highest BCUT2D eigenvalue weighted by atomic mass is 19.1. The molecular weight excluding hydrogens is 357 g/mol. The number of amides is 1. The fraction of sp³-hybridized carbons (Fsp3) is 0.318. The molecule has 0 spiro atoms. The molecule has 1 aliphatic carbocycles. The minimum Gasteiger partial charge on any atom is -0.335 e. The number of aromatic nitrogens is 2. The second-order valence-corrected chi connectivity index (χ2v) is 7.31. The molecule has 28 heavy (non-hydrogen) atoms. The molecule has 0 aliphatic heterocycles. The summed E-state index contributed by atoms with van der Waals surface area (Å²) >= 11 is 0. The summed E-state index contributed by atoms with van der Waals surface area (Å²) in [7, 11) is 0. The molecular formula is C22H22FN3O2. The molecule has 5 nitrogen and oxygen atoms in total. The average Bonchev–Trinajstić information content (AvgIpc) is 3.52. The molecule has 1 heterocycles. The van der Waals surface area contributed by atoms with Gasteiger partial charge in [0.15, 0.2) is 0 Å². The maximum absolute atomic E-state index is 14.0. The molecule has 0 radical (unpaired) electrons. The third kappa shape index (κ3) is 3.67. The molecule has 4 rings (SSSR count). The molecule has 0 bridgehead atoms. The van der Waals surface area contributed by atoms with Crippen molar-refractivity contribution in [3.8, 4) is 0 Å². The molecule has 1 saturated carbocycles. The monoisotopic (exact) mass is 379 g/mol. The number of rotatable bonds is 6. The van der Waals surface area contributed by atoms with Crippen molar-refractivity contribution in [3.05, 3.63) is 76.1 Å². The van der Waals surface area contributed by atoms with Gasteiger partial charge in [-0.15, -0.1) is 0 Å². The zero-order valence-electron chi connectivity index (χ0n) is 15.8. The maximum Gasteiger partial charge on any atom is 0.261 e. The lowest BCUT2D eigenvalue weighted by Gasteiger charge is -2.23. The van der Waals surface area contributed by atoms with E-state index in [1.807, 2.05) is 19.1 Å². The van der Waals surface area contributed by atoms with Crippen molar-refractivity contribution in [2.75, 3.05) is 0 Å². The smallest absolute Gasteiger partial charge is 0.261 e. The Morgan fingerprint density at radius 3 is 2.75 bits per heavy atom. The summed E-state index contributed by atoms with van der Waals surface area (Å²) in [6.45, 7) is 2.44. The lowest BCUT2D eigenvalue weighted by molar-refractivity contribution is -0.132. The van der Waals surface area contributed by atoms with Crippen LogP contribution in [0.15, 0.2) is 53.6 Å². The van der Waals surface area contributed by atoms with Gasteiger partial charge in [0.05, 0.1) is 17.2 Å². The van der Waals surface area contributed by atoms with Gasteiger partial charge in [0.2, 0.25) is 5.91 Å². The minimum absolute atomic E-state index is 0.0676. The van der Waals surface area contributed by atoms with Gasteiger partial charge in [0.25, 0.3) is 5.56 Å². The molecule has 0 saturated heterocycles. The molecule has 2 aromatic carbocycles. The van der Waals surface area contributed by atoms with Gasteiger partial charge in [-0.25, -0.2) is 9.37 Å². The molecule has 1 amide bonds. The van der Waals surface area contributed by atoms with Crippen LogP contribution in [0.4, 0.5) is 4.39 Å². The first-order chi connectivity index (χ1) is 13.5. The Labute approximate surface area is 162 Å². The number of carbonyl (C=O) groups is 1. The zero-order chi connectivity index (χ0) is 19.7. The normalized spacial score (nSPS) is 13.6. The van der Waals surface area contributed by atoms with Gasteiger partial charge in [0, 0.05) is 31.1 Å². The van der Waals surface area contributed by atoms with Crippen LogP contribution in [0, 0.1) is 12.7 Å². The Balaban J connectivity index is 1.50. The van der Waals surface area contributed by atoms with E-state index in [9.17, 15) is 14.0 Å². The van der Waals surface area contributed by atoms with E-state index in [1.165, 1.54) is 17.0 Å². The van der Waals surface area contributed by atoms with E-state index < -0.39 is 0 Å². The van der Waals surface area contributed by atoms with Gasteiger partial charge < -0.3 is 4.90 Å². The van der Waals surface area contributed by atoms with Crippen molar-refractivity contribution in [2.24, 2.45) is 0 Å². The molecule has 1 aromatic heterocycles. The van der Waals surface area contributed by atoms with Crippen LogP contribution in [0.5, 0.6) is 0 Å². The van der Waals surface area contributed by atoms with Crippen LogP contribution in [-0.4, -0.2) is 26.4 Å².